The van der Waals surface area contributed by atoms with Crippen LogP contribution < -0.4 is 11.5 Å². The van der Waals surface area contributed by atoms with Gasteiger partial charge < -0.3 is 10.2 Å². The van der Waals surface area contributed by atoms with Crippen molar-refractivity contribution in [2.75, 3.05) is 0 Å². The Morgan fingerprint density at radius 2 is 2.27 bits per heavy atom. The first-order valence-corrected chi connectivity index (χ1v) is 5.50. The van der Waals surface area contributed by atoms with E-state index in [0.717, 1.165) is 31.4 Å². The molecule has 15 heavy (non-hydrogen) atoms. The quantitative estimate of drug-likeness (QED) is 0.818. The maximum Gasteiger partial charge on any atom is 0.419 e. The van der Waals surface area contributed by atoms with Crippen LogP contribution in [0.5, 0.6) is 0 Å². The average molecular weight is 210 g/mol. The lowest BCUT2D eigenvalue weighted by Crippen LogP contribution is -2.21. The van der Waals surface area contributed by atoms with Crippen molar-refractivity contribution in [1.29, 1.82) is 0 Å². The van der Waals surface area contributed by atoms with Crippen molar-refractivity contribution in [2.24, 2.45) is 5.73 Å². The van der Waals surface area contributed by atoms with Gasteiger partial charge in [-0.1, -0.05) is 0 Å². The lowest BCUT2D eigenvalue weighted by Gasteiger charge is -2.05. The summed E-state index contributed by atoms with van der Waals surface area (Å²) in [5, 5.41) is 0. The summed E-state index contributed by atoms with van der Waals surface area (Å²) >= 11 is 0. The Morgan fingerprint density at radius 3 is 2.73 bits per heavy atom. The van der Waals surface area contributed by atoms with Crippen LogP contribution in [0.25, 0.3) is 0 Å². The smallest absolute Gasteiger partial charge is 0.413 e. The van der Waals surface area contributed by atoms with Gasteiger partial charge in [-0.2, -0.15) is 0 Å². The number of nitrogens with two attached hydrogens (primary N) is 1. The predicted molar refractivity (Wildman–Crippen MR) is 57.8 cm³/mol. The molecular weight excluding hydrogens is 192 g/mol. The van der Waals surface area contributed by atoms with Gasteiger partial charge in [0, 0.05) is 24.2 Å². The molecule has 2 rings (SSSR count). The van der Waals surface area contributed by atoms with Crippen LogP contribution in [-0.4, -0.2) is 10.1 Å². The molecule has 0 bridgehead atoms. The van der Waals surface area contributed by atoms with Crippen molar-refractivity contribution >= 4 is 0 Å². The van der Waals surface area contributed by atoms with E-state index >= 15 is 0 Å². The summed E-state index contributed by atoms with van der Waals surface area (Å²) in [7, 11) is 0. The monoisotopic (exact) mass is 210 g/mol. The lowest BCUT2D eigenvalue weighted by atomic mass is 10.1. The molecular formula is C11H18N2O2. The van der Waals surface area contributed by atoms with E-state index in [2.05, 4.69) is 0 Å². The van der Waals surface area contributed by atoms with Gasteiger partial charge in [0.1, 0.15) is 5.76 Å². The number of hydrogen-bond acceptors (Lipinski definition) is 3. The predicted octanol–water partition coefficient (Wildman–Crippen LogP) is 1.45. The number of aryl methyl sites for hydroxylation is 1. The molecule has 0 saturated heterocycles. The average Bonchev–Trinajstić information content (AvgIpc) is 2.75. The Bertz CT molecular complexity index is 399. The number of aromatic nitrogens is 1. The first-order chi connectivity index (χ1) is 7.00. The van der Waals surface area contributed by atoms with Crippen LogP contribution in [0, 0.1) is 0 Å². The molecule has 0 amide bonds. The Kier molecular flexibility index (Phi) is 2.46. The minimum atomic E-state index is -0.262. The first-order valence-electron chi connectivity index (χ1n) is 5.50. The molecule has 0 unspecified atom stereocenters. The van der Waals surface area contributed by atoms with Crippen molar-refractivity contribution in [3.63, 3.8) is 0 Å². The van der Waals surface area contributed by atoms with Crippen LogP contribution in [-0.2, 0) is 6.42 Å². The maximum absolute atomic E-state index is 11.4. The van der Waals surface area contributed by atoms with Gasteiger partial charge in [0.2, 0.25) is 0 Å². The van der Waals surface area contributed by atoms with Gasteiger partial charge in [-0.3, -0.25) is 4.57 Å². The minimum Gasteiger partial charge on any atom is -0.413 e. The second-order valence-electron chi connectivity index (χ2n) is 4.83. The van der Waals surface area contributed by atoms with Crippen LogP contribution in [0.2, 0.25) is 0 Å². The zero-order valence-corrected chi connectivity index (χ0v) is 9.32. The highest BCUT2D eigenvalue weighted by molar-refractivity contribution is 5.02. The highest BCUT2D eigenvalue weighted by Gasteiger charge is 2.37. The fourth-order valence-corrected chi connectivity index (χ4v) is 1.66. The zero-order chi connectivity index (χ0) is 11.1. The third-order valence-corrected chi connectivity index (χ3v) is 3.03. The lowest BCUT2D eigenvalue weighted by molar-refractivity contribution is 0.422. The zero-order valence-electron chi connectivity index (χ0n) is 9.32. The molecule has 0 spiro atoms. The minimum absolute atomic E-state index is 0.0263. The molecule has 0 radical (unpaired) electrons. The van der Waals surface area contributed by atoms with Gasteiger partial charge in [0.25, 0.3) is 0 Å². The number of rotatable bonds is 4. The molecule has 1 aromatic heterocycles. The highest BCUT2D eigenvalue weighted by atomic mass is 16.4. The Morgan fingerprint density at radius 1 is 1.60 bits per heavy atom. The fraction of sp³-hybridized carbons (Fsp3) is 0.727. The first kappa shape index (κ1) is 10.5. The number of oxazole rings is 1. The van der Waals surface area contributed by atoms with Crippen LogP contribution in [0.15, 0.2) is 15.4 Å². The third-order valence-electron chi connectivity index (χ3n) is 3.03. The van der Waals surface area contributed by atoms with Crippen LogP contribution >= 0.6 is 0 Å². The highest BCUT2D eigenvalue weighted by Crippen LogP contribution is 2.36. The molecule has 1 aliphatic rings. The van der Waals surface area contributed by atoms with Crippen molar-refractivity contribution in [3.8, 4) is 0 Å². The normalized spacial score (nSPS) is 18.4. The summed E-state index contributed by atoms with van der Waals surface area (Å²) in [6.45, 7) is 3.93. The van der Waals surface area contributed by atoms with E-state index in [-0.39, 0.29) is 17.3 Å². The molecule has 0 aliphatic heterocycles. The fourth-order valence-electron chi connectivity index (χ4n) is 1.66. The third kappa shape index (κ3) is 2.31. The van der Waals surface area contributed by atoms with Crippen molar-refractivity contribution < 1.29 is 4.42 Å². The van der Waals surface area contributed by atoms with Crippen molar-refractivity contribution in [3.05, 3.63) is 22.5 Å². The SMILES string of the molecule is CC(C)n1cc(CCC2(N)CC2)oc1=O. The summed E-state index contributed by atoms with van der Waals surface area (Å²) in [4.78, 5) is 11.4. The van der Waals surface area contributed by atoms with E-state index in [0.29, 0.717) is 0 Å². The largest absolute Gasteiger partial charge is 0.419 e. The van der Waals surface area contributed by atoms with Crippen LogP contribution in [0.3, 0.4) is 0 Å². The van der Waals surface area contributed by atoms with E-state index in [9.17, 15) is 4.79 Å². The van der Waals surface area contributed by atoms with Gasteiger partial charge in [-0.25, -0.2) is 4.79 Å². The summed E-state index contributed by atoms with van der Waals surface area (Å²) in [6.07, 6.45) is 5.69. The van der Waals surface area contributed by atoms with Crippen LogP contribution in [0.1, 0.15) is 44.9 Å². The van der Waals surface area contributed by atoms with Crippen LogP contribution in [0.4, 0.5) is 0 Å². The van der Waals surface area contributed by atoms with Gasteiger partial charge in [-0.05, 0) is 33.1 Å². The van der Waals surface area contributed by atoms with E-state index in [4.69, 9.17) is 10.2 Å². The topological polar surface area (TPSA) is 61.2 Å². The number of hydrogen-bond donors (Lipinski definition) is 1. The molecule has 0 atom stereocenters. The summed E-state index contributed by atoms with van der Waals surface area (Å²) < 4.78 is 6.77. The molecule has 1 saturated carbocycles. The Hall–Kier alpha value is -1.03. The summed E-state index contributed by atoms with van der Waals surface area (Å²) in [5.74, 6) is 0.493. The van der Waals surface area contributed by atoms with Crippen molar-refractivity contribution in [2.45, 2.75) is 51.1 Å². The van der Waals surface area contributed by atoms with E-state index in [1.807, 2.05) is 13.8 Å². The van der Waals surface area contributed by atoms with E-state index in [1.54, 1.807) is 10.8 Å². The molecule has 2 N–H and O–H groups in total. The molecule has 0 aromatic carbocycles. The molecule has 1 heterocycles. The van der Waals surface area contributed by atoms with Gasteiger partial charge >= 0.3 is 5.76 Å². The molecule has 84 valence electrons. The maximum atomic E-state index is 11.4. The molecule has 1 fully saturated rings. The molecule has 4 heteroatoms. The van der Waals surface area contributed by atoms with Gasteiger partial charge in [0.15, 0.2) is 0 Å². The summed E-state index contributed by atoms with van der Waals surface area (Å²) in [6, 6.07) is 0.155. The van der Waals surface area contributed by atoms with Gasteiger partial charge in [-0.15, -0.1) is 0 Å². The Labute approximate surface area is 89.1 Å². The molecule has 1 aromatic rings. The number of nitrogens with zero attached hydrogens (tertiary/aromatic N) is 1. The van der Waals surface area contributed by atoms with E-state index in [1.165, 1.54) is 0 Å². The second kappa shape index (κ2) is 3.52. The Balaban J connectivity index is 2.03. The molecule has 1 aliphatic carbocycles. The van der Waals surface area contributed by atoms with E-state index < -0.39 is 0 Å². The summed E-state index contributed by atoms with van der Waals surface area (Å²) in [5.41, 5.74) is 6.00. The standard InChI is InChI=1S/C11H18N2O2/c1-8(2)13-7-9(15-10(13)14)3-4-11(12)5-6-11/h7-8H,3-6,12H2,1-2H3. The second-order valence-corrected chi connectivity index (χ2v) is 4.83. The van der Waals surface area contributed by atoms with Crippen molar-refractivity contribution in [1.82, 2.24) is 4.57 Å². The molecule has 4 nitrogen and oxygen atoms in total. The van der Waals surface area contributed by atoms with Gasteiger partial charge in [0.05, 0.1) is 0 Å².